The number of halogens is 3. The summed E-state index contributed by atoms with van der Waals surface area (Å²) in [6.07, 6.45) is -2.95. The zero-order chi connectivity index (χ0) is 15.3. The third kappa shape index (κ3) is 4.62. The molecule has 0 spiro atoms. The van der Waals surface area contributed by atoms with Gasteiger partial charge in [-0.05, 0) is 18.9 Å². The van der Waals surface area contributed by atoms with E-state index in [0.717, 1.165) is 12.8 Å². The van der Waals surface area contributed by atoms with Crippen molar-refractivity contribution in [1.82, 2.24) is 5.32 Å². The number of para-hydroxylation sites is 1. The highest BCUT2D eigenvalue weighted by Gasteiger charge is 2.33. The van der Waals surface area contributed by atoms with Gasteiger partial charge in [0.05, 0.1) is 12.2 Å². The van der Waals surface area contributed by atoms with E-state index < -0.39 is 12.4 Å². The Morgan fingerprint density at radius 2 is 2.19 bits per heavy atom. The predicted molar refractivity (Wildman–Crippen MR) is 68.5 cm³/mol. The molecule has 0 radical (unpaired) electrons. The van der Waals surface area contributed by atoms with Gasteiger partial charge in [-0.3, -0.25) is 5.32 Å². The fourth-order valence-electron chi connectivity index (χ4n) is 2.22. The number of alkyl halides is 3. The molecule has 114 valence electrons. The van der Waals surface area contributed by atoms with E-state index in [1.54, 1.807) is 6.07 Å². The molecule has 1 aliphatic heterocycles. The van der Waals surface area contributed by atoms with Gasteiger partial charge < -0.3 is 9.47 Å². The van der Waals surface area contributed by atoms with Gasteiger partial charge in [-0.2, -0.15) is 5.26 Å². The number of nitriles is 1. The van der Waals surface area contributed by atoms with Gasteiger partial charge in [0, 0.05) is 18.7 Å². The van der Waals surface area contributed by atoms with Gasteiger partial charge in [0.25, 0.3) is 0 Å². The Morgan fingerprint density at radius 3 is 2.81 bits per heavy atom. The summed E-state index contributed by atoms with van der Waals surface area (Å²) in [7, 11) is 0. The molecule has 0 bridgehead atoms. The van der Waals surface area contributed by atoms with Crippen LogP contribution in [0.25, 0.3) is 0 Å². The molecule has 1 aromatic carbocycles. The molecule has 1 heterocycles. The molecule has 4 nitrogen and oxygen atoms in total. The molecule has 2 rings (SSSR count). The van der Waals surface area contributed by atoms with E-state index in [-0.39, 0.29) is 17.4 Å². The molecule has 2 unspecified atom stereocenters. The van der Waals surface area contributed by atoms with Crippen LogP contribution in [0.15, 0.2) is 24.3 Å². The normalized spacial score (nSPS) is 20.0. The fraction of sp³-hybridized carbons (Fsp3) is 0.500. The highest BCUT2D eigenvalue weighted by molar-refractivity contribution is 5.38. The minimum absolute atomic E-state index is 0.00320. The van der Waals surface area contributed by atoms with Crippen molar-refractivity contribution < 1.29 is 22.6 Å². The van der Waals surface area contributed by atoms with Crippen LogP contribution in [0.4, 0.5) is 13.2 Å². The monoisotopic (exact) mass is 300 g/mol. The first-order valence-electron chi connectivity index (χ1n) is 6.59. The number of hydrogen-bond donors (Lipinski definition) is 1. The Hall–Kier alpha value is -1.78. The zero-order valence-electron chi connectivity index (χ0n) is 11.2. The summed E-state index contributed by atoms with van der Waals surface area (Å²) in [5.74, 6) is -0.364. The maximum atomic E-state index is 12.4. The molecule has 0 saturated carbocycles. The number of hydrogen-bond acceptors (Lipinski definition) is 4. The molecule has 1 saturated heterocycles. The van der Waals surface area contributed by atoms with E-state index in [2.05, 4.69) is 10.1 Å². The van der Waals surface area contributed by atoms with Crippen molar-refractivity contribution in [3.63, 3.8) is 0 Å². The molecule has 2 atom stereocenters. The van der Waals surface area contributed by atoms with Gasteiger partial charge in [-0.1, -0.05) is 18.2 Å². The molecular weight excluding hydrogens is 285 g/mol. The minimum Gasteiger partial charge on any atom is -0.405 e. The van der Waals surface area contributed by atoms with Crippen LogP contribution < -0.4 is 10.1 Å². The van der Waals surface area contributed by atoms with E-state index >= 15 is 0 Å². The second-order valence-electron chi connectivity index (χ2n) is 4.69. The smallest absolute Gasteiger partial charge is 0.405 e. The molecule has 21 heavy (non-hydrogen) atoms. The van der Waals surface area contributed by atoms with E-state index in [0.29, 0.717) is 13.2 Å². The van der Waals surface area contributed by atoms with Crippen LogP contribution in [0.1, 0.15) is 24.4 Å². The lowest BCUT2D eigenvalue weighted by molar-refractivity contribution is -0.274. The van der Waals surface area contributed by atoms with E-state index in [4.69, 9.17) is 4.74 Å². The largest absolute Gasteiger partial charge is 0.573 e. The van der Waals surface area contributed by atoms with E-state index in [1.807, 2.05) is 6.07 Å². The number of benzene rings is 1. The Kier molecular flexibility index (Phi) is 5.04. The highest BCUT2D eigenvalue weighted by Crippen LogP contribution is 2.30. The van der Waals surface area contributed by atoms with Gasteiger partial charge >= 0.3 is 6.36 Å². The van der Waals surface area contributed by atoms with Gasteiger partial charge in [0.1, 0.15) is 11.8 Å². The highest BCUT2D eigenvalue weighted by atomic mass is 19.4. The maximum Gasteiger partial charge on any atom is 0.573 e. The molecule has 1 N–H and O–H groups in total. The first-order chi connectivity index (χ1) is 9.99. The van der Waals surface area contributed by atoms with Crippen molar-refractivity contribution in [3.8, 4) is 11.8 Å². The Morgan fingerprint density at radius 1 is 1.43 bits per heavy atom. The van der Waals surface area contributed by atoms with Crippen LogP contribution in [0.3, 0.4) is 0 Å². The molecule has 1 aliphatic rings. The quantitative estimate of drug-likeness (QED) is 0.908. The van der Waals surface area contributed by atoms with Crippen molar-refractivity contribution in [2.24, 2.45) is 0 Å². The number of nitrogens with one attached hydrogen (secondary N) is 1. The first-order valence-corrected chi connectivity index (χ1v) is 6.59. The van der Waals surface area contributed by atoms with Crippen molar-refractivity contribution in [3.05, 3.63) is 29.8 Å². The number of ether oxygens (including phenoxy) is 2. The topological polar surface area (TPSA) is 54.3 Å². The van der Waals surface area contributed by atoms with Crippen LogP contribution >= 0.6 is 0 Å². The lowest BCUT2D eigenvalue weighted by Crippen LogP contribution is -2.30. The van der Waals surface area contributed by atoms with Gasteiger partial charge in [-0.25, -0.2) is 0 Å². The van der Waals surface area contributed by atoms with Gasteiger partial charge in [-0.15, -0.1) is 13.2 Å². The average Bonchev–Trinajstić information content (AvgIpc) is 2.92. The molecule has 7 heteroatoms. The third-order valence-corrected chi connectivity index (χ3v) is 3.16. The van der Waals surface area contributed by atoms with E-state index in [9.17, 15) is 18.4 Å². The third-order valence-electron chi connectivity index (χ3n) is 3.16. The Balaban J connectivity index is 2.08. The average molecular weight is 300 g/mol. The molecule has 1 aromatic rings. The number of rotatable bonds is 5. The fourth-order valence-corrected chi connectivity index (χ4v) is 2.22. The minimum atomic E-state index is -4.79. The molecule has 1 fully saturated rings. The van der Waals surface area contributed by atoms with Crippen LogP contribution in [0, 0.1) is 11.3 Å². The summed E-state index contributed by atoms with van der Waals surface area (Å²) in [4.78, 5) is 0. The molecular formula is C14H15F3N2O2. The summed E-state index contributed by atoms with van der Waals surface area (Å²) in [5, 5.41) is 12.1. The predicted octanol–water partition coefficient (Wildman–Crippen LogP) is 2.92. The summed E-state index contributed by atoms with van der Waals surface area (Å²) >= 11 is 0. The summed E-state index contributed by atoms with van der Waals surface area (Å²) < 4.78 is 46.5. The van der Waals surface area contributed by atoms with Crippen LogP contribution in [0.5, 0.6) is 5.75 Å². The lowest BCUT2D eigenvalue weighted by atomic mass is 10.1. The van der Waals surface area contributed by atoms with Crippen molar-refractivity contribution in [2.45, 2.75) is 31.3 Å². The van der Waals surface area contributed by atoms with Gasteiger partial charge in [0.15, 0.2) is 0 Å². The van der Waals surface area contributed by atoms with E-state index in [1.165, 1.54) is 18.2 Å². The summed E-state index contributed by atoms with van der Waals surface area (Å²) in [5.41, 5.74) is 0.162. The molecule has 0 aromatic heterocycles. The van der Waals surface area contributed by atoms with Crippen LogP contribution in [-0.2, 0) is 4.74 Å². The van der Waals surface area contributed by atoms with Crippen LogP contribution in [-0.4, -0.2) is 25.6 Å². The lowest BCUT2D eigenvalue weighted by Gasteiger charge is -2.19. The Bertz CT molecular complexity index is 508. The van der Waals surface area contributed by atoms with Crippen molar-refractivity contribution in [1.29, 1.82) is 5.26 Å². The first kappa shape index (κ1) is 15.6. The zero-order valence-corrected chi connectivity index (χ0v) is 11.2. The molecule has 0 aliphatic carbocycles. The van der Waals surface area contributed by atoms with Crippen molar-refractivity contribution >= 4 is 0 Å². The second kappa shape index (κ2) is 6.78. The number of nitrogens with zero attached hydrogens (tertiary/aromatic N) is 1. The standard InChI is InChI=1S/C14H15F3N2O2/c15-14(16,17)21-13-6-2-1-5-11(13)12(8-18)19-9-10-4-3-7-20-10/h1-2,5-6,10,12,19H,3-4,7,9H2. The molecule has 0 amide bonds. The summed E-state index contributed by atoms with van der Waals surface area (Å²) in [6.45, 7) is 1.09. The van der Waals surface area contributed by atoms with Crippen LogP contribution in [0.2, 0.25) is 0 Å². The maximum absolute atomic E-state index is 12.4. The summed E-state index contributed by atoms with van der Waals surface area (Å²) in [6, 6.07) is 6.71. The Labute approximate surface area is 120 Å². The second-order valence-corrected chi connectivity index (χ2v) is 4.69. The SMILES string of the molecule is N#CC(NCC1CCCO1)c1ccccc1OC(F)(F)F. The van der Waals surface area contributed by atoms with Crippen molar-refractivity contribution in [2.75, 3.05) is 13.2 Å². The van der Waals surface area contributed by atoms with Gasteiger partial charge in [0.2, 0.25) is 0 Å².